The Hall–Kier alpha value is -3.18. The molecule has 0 bridgehead atoms. The van der Waals surface area contributed by atoms with Crippen LogP contribution in [0, 0.1) is 10.1 Å². The quantitative estimate of drug-likeness (QED) is 0.176. The second-order valence-electron chi connectivity index (χ2n) is 6.16. The molecule has 3 rings (SSSR count). The van der Waals surface area contributed by atoms with Crippen LogP contribution in [0.3, 0.4) is 0 Å². The van der Waals surface area contributed by atoms with Gasteiger partial charge in [-0.25, -0.2) is 0 Å². The van der Waals surface area contributed by atoms with E-state index in [2.05, 4.69) is 6.58 Å². The van der Waals surface area contributed by atoms with E-state index >= 15 is 0 Å². The molecule has 0 spiro atoms. The van der Waals surface area contributed by atoms with Gasteiger partial charge in [0.1, 0.15) is 10.1 Å². The van der Waals surface area contributed by atoms with Crippen LogP contribution in [0.15, 0.2) is 60.0 Å². The van der Waals surface area contributed by atoms with Crippen LogP contribution in [0.2, 0.25) is 0 Å². The lowest BCUT2D eigenvalue weighted by molar-refractivity contribution is -0.385. The van der Waals surface area contributed by atoms with E-state index in [1.54, 1.807) is 18.2 Å². The molecule has 2 aromatic rings. The largest absolute Gasteiger partial charge is 0.449 e. The lowest BCUT2D eigenvalue weighted by atomic mass is 10.1. The van der Waals surface area contributed by atoms with Crippen molar-refractivity contribution >= 4 is 46.0 Å². The van der Waals surface area contributed by atoms with Crippen LogP contribution in [-0.2, 0) is 11.0 Å². The Bertz CT molecular complexity index is 1120. The fourth-order valence-corrected chi connectivity index (χ4v) is 3.93. The van der Waals surface area contributed by atoms with Gasteiger partial charge in [0.05, 0.1) is 15.4 Å². The van der Waals surface area contributed by atoms with Crippen LogP contribution in [0.1, 0.15) is 11.1 Å². The van der Waals surface area contributed by atoms with Gasteiger partial charge in [-0.3, -0.25) is 19.8 Å². The zero-order valence-electron chi connectivity index (χ0n) is 15.6. The number of nitro groups is 1. The molecule has 0 saturated carbocycles. The third kappa shape index (κ3) is 4.94. The van der Waals surface area contributed by atoms with Crippen LogP contribution in [-0.4, -0.2) is 26.6 Å². The summed E-state index contributed by atoms with van der Waals surface area (Å²) in [5.41, 5.74) is -1.59. The molecular weight excluding hydrogens is 453 g/mol. The molecule has 1 heterocycles. The Labute approximate surface area is 184 Å². The van der Waals surface area contributed by atoms with Crippen molar-refractivity contribution in [3.05, 3.63) is 81.3 Å². The molecule has 6 nitrogen and oxygen atoms in total. The number of halogens is 3. The Kier molecular flexibility index (Phi) is 6.46. The highest BCUT2D eigenvalue weighted by Crippen LogP contribution is 2.40. The average molecular weight is 466 g/mol. The minimum Gasteiger partial charge on any atom is -0.449 e. The van der Waals surface area contributed by atoms with Crippen molar-refractivity contribution in [3.63, 3.8) is 0 Å². The Morgan fingerprint density at radius 1 is 1.23 bits per heavy atom. The first-order valence-corrected chi connectivity index (χ1v) is 9.83. The number of nitrogens with zero attached hydrogens (tertiary/aromatic N) is 2. The van der Waals surface area contributed by atoms with E-state index in [1.165, 1.54) is 23.1 Å². The van der Waals surface area contributed by atoms with Crippen LogP contribution >= 0.6 is 24.0 Å². The Morgan fingerprint density at radius 2 is 1.94 bits per heavy atom. The predicted molar refractivity (Wildman–Crippen MR) is 115 cm³/mol. The SMILES string of the molecule is C=CCN1C(=O)C(=Cc2ccccc2Oc2ccc(C(F)(F)F)cc2[N+](=O)[O-])SC1=S. The van der Waals surface area contributed by atoms with Crippen molar-refractivity contribution in [2.24, 2.45) is 0 Å². The number of thiocarbonyl (C=S) groups is 1. The van der Waals surface area contributed by atoms with Crippen molar-refractivity contribution in [1.29, 1.82) is 0 Å². The van der Waals surface area contributed by atoms with Gasteiger partial charge in [-0.15, -0.1) is 6.58 Å². The first-order chi connectivity index (χ1) is 14.6. The summed E-state index contributed by atoms with van der Waals surface area (Å²) in [5, 5.41) is 11.3. The minimum absolute atomic E-state index is 0.124. The summed E-state index contributed by atoms with van der Waals surface area (Å²) in [6.45, 7) is 3.83. The molecular formula is C20H13F3N2O4S2. The van der Waals surface area contributed by atoms with Gasteiger partial charge < -0.3 is 4.74 Å². The third-order valence-corrected chi connectivity index (χ3v) is 5.47. The Balaban J connectivity index is 1.97. The molecule has 0 aliphatic carbocycles. The van der Waals surface area contributed by atoms with Gasteiger partial charge in [0, 0.05) is 18.2 Å². The minimum atomic E-state index is -4.73. The number of alkyl halides is 3. The number of amides is 1. The molecule has 31 heavy (non-hydrogen) atoms. The molecule has 1 fully saturated rings. The van der Waals surface area contributed by atoms with E-state index in [0.717, 1.165) is 17.8 Å². The van der Waals surface area contributed by atoms with Crippen molar-refractivity contribution in [1.82, 2.24) is 4.90 Å². The number of rotatable bonds is 6. The summed E-state index contributed by atoms with van der Waals surface area (Å²) in [6, 6.07) is 8.34. The lowest BCUT2D eigenvalue weighted by Crippen LogP contribution is -2.27. The topological polar surface area (TPSA) is 72.7 Å². The molecule has 0 aromatic heterocycles. The fraction of sp³-hybridized carbons (Fsp3) is 0.100. The summed E-state index contributed by atoms with van der Waals surface area (Å²) < 4.78 is 44.7. The van der Waals surface area contributed by atoms with E-state index in [9.17, 15) is 28.1 Å². The molecule has 11 heteroatoms. The van der Waals surface area contributed by atoms with Crippen molar-refractivity contribution in [3.8, 4) is 11.5 Å². The number of carbonyl (C=O) groups is 1. The third-order valence-electron chi connectivity index (χ3n) is 4.09. The van der Waals surface area contributed by atoms with Gasteiger partial charge in [0.2, 0.25) is 5.75 Å². The number of benzene rings is 2. The van der Waals surface area contributed by atoms with Crippen LogP contribution in [0.4, 0.5) is 18.9 Å². The maximum absolute atomic E-state index is 12.9. The number of hydrogen-bond acceptors (Lipinski definition) is 6. The van der Waals surface area contributed by atoms with Crippen LogP contribution < -0.4 is 4.74 Å². The molecule has 1 amide bonds. The highest BCUT2D eigenvalue weighted by molar-refractivity contribution is 8.26. The standard InChI is InChI=1S/C20H13F3N2O4S2/c1-2-9-24-18(26)17(31-19(24)30)10-12-5-3-4-6-15(12)29-16-8-7-13(20(21,22)23)11-14(16)25(27)28/h2-8,10-11H,1,9H2. The molecule has 0 N–H and O–H groups in total. The maximum Gasteiger partial charge on any atom is 0.416 e. The van der Waals surface area contributed by atoms with E-state index in [0.29, 0.717) is 26.9 Å². The smallest absolute Gasteiger partial charge is 0.416 e. The van der Waals surface area contributed by atoms with Gasteiger partial charge in [-0.05, 0) is 24.3 Å². The maximum atomic E-state index is 12.9. The number of carbonyl (C=O) groups excluding carboxylic acids is 1. The number of para-hydroxylation sites is 1. The van der Waals surface area contributed by atoms with E-state index < -0.39 is 22.4 Å². The van der Waals surface area contributed by atoms with Crippen molar-refractivity contribution in [2.75, 3.05) is 6.54 Å². The second kappa shape index (κ2) is 8.90. The second-order valence-corrected chi connectivity index (χ2v) is 7.83. The summed E-state index contributed by atoms with van der Waals surface area (Å²) in [6.07, 6.45) is -1.69. The van der Waals surface area contributed by atoms with Crippen LogP contribution in [0.5, 0.6) is 11.5 Å². The highest BCUT2D eigenvalue weighted by atomic mass is 32.2. The monoisotopic (exact) mass is 466 g/mol. The van der Waals surface area contributed by atoms with Crippen molar-refractivity contribution in [2.45, 2.75) is 6.18 Å². The molecule has 1 aliphatic heterocycles. The van der Waals surface area contributed by atoms with E-state index in [1.807, 2.05) is 0 Å². The molecule has 0 atom stereocenters. The van der Waals surface area contributed by atoms with E-state index in [4.69, 9.17) is 17.0 Å². The van der Waals surface area contributed by atoms with Gasteiger partial charge >= 0.3 is 11.9 Å². The molecule has 2 aromatic carbocycles. The molecule has 160 valence electrons. The first kappa shape index (κ1) is 22.5. The average Bonchev–Trinajstić information content (AvgIpc) is 2.96. The Morgan fingerprint density at radius 3 is 2.58 bits per heavy atom. The van der Waals surface area contributed by atoms with Gasteiger partial charge in [-0.1, -0.05) is 48.3 Å². The van der Waals surface area contributed by atoms with Gasteiger partial charge in [0.15, 0.2) is 0 Å². The summed E-state index contributed by atoms with van der Waals surface area (Å²) in [5.74, 6) is -0.567. The normalized spacial score (nSPS) is 15.5. The first-order valence-electron chi connectivity index (χ1n) is 8.60. The summed E-state index contributed by atoms with van der Waals surface area (Å²) >= 11 is 6.26. The summed E-state index contributed by atoms with van der Waals surface area (Å²) in [4.78, 5) is 24.5. The number of ether oxygens (including phenoxy) is 1. The fourth-order valence-electron chi connectivity index (χ4n) is 2.66. The summed E-state index contributed by atoms with van der Waals surface area (Å²) in [7, 11) is 0. The van der Waals surface area contributed by atoms with Gasteiger partial charge in [0.25, 0.3) is 5.91 Å². The molecule has 1 saturated heterocycles. The van der Waals surface area contributed by atoms with Crippen LogP contribution in [0.25, 0.3) is 6.08 Å². The molecule has 0 radical (unpaired) electrons. The molecule has 1 aliphatic rings. The van der Waals surface area contributed by atoms with Gasteiger partial charge in [-0.2, -0.15) is 13.2 Å². The molecule has 0 unspecified atom stereocenters. The zero-order valence-corrected chi connectivity index (χ0v) is 17.2. The number of thioether (sulfide) groups is 1. The lowest BCUT2D eigenvalue weighted by Gasteiger charge is -2.12. The number of hydrogen-bond donors (Lipinski definition) is 0. The predicted octanol–water partition coefficient (Wildman–Crippen LogP) is 5.79. The van der Waals surface area contributed by atoms with Crippen molar-refractivity contribution < 1.29 is 27.6 Å². The highest BCUT2D eigenvalue weighted by Gasteiger charge is 2.34. The number of nitro benzene ring substituents is 1. The zero-order chi connectivity index (χ0) is 22.8. The van der Waals surface area contributed by atoms with E-state index in [-0.39, 0.29) is 24.0 Å².